The number of likely N-dealkylation sites (tertiary alicyclic amines) is 1. The maximum atomic E-state index is 11.2. The molecular formula is C18H23N5OSSi. The number of carbonyl (C=O) groups is 1. The van der Waals surface area contributed by atoms with Crippen molar-refractivity contribution in [3.8, 4) is 0 Å². The van der Waals surface area contributed by atoms with Gasteiger partial charge in [-0.05, 0) is 42.1 Å². The summed E-state index contributed by atoms with van der Waals surface area (Å²) in [6.45, 7) is 4.56. The molecule has 4 heterocycles. The second kappa shape index (κ2) is 6.94. The Labute approximate surface area is 159 Å². The molecule has 0 unspecified atom stereocenters. The summed E-state index contributed by atoms with van der Waals surface area (Å²) in [5.74, 6) is -0.0744. The first-order valence-corrected chi connectivity index (χ1v) is 10.7. The van der Waals surface area contributed by atoms with Crippen molar-refractivity contribution in [2.75, 3.05) is 18.4 Å². The lowest BCUT2D eigenvalue weighted by atomic mass is 9.90. The van der Waals surface area contributed by atoms with Crippen molar-refractivity contribution < 1.29 is 4.79 Å². The zero-order valence-corrected chi connectivity index (χ0v) is 17.9. The summed E-state index contributed by atoms with van der Waals surface area (Å²) in [7, 11) is 1.10. The van der Waals surface area contributed by atoms with Gasteiger partial charge in [0, 0.05) is 53.7 Å². The lowest BCUT2D eigenvalue weighted by Crippen LogP contribution is -2.46. The van der Waals surface area contributed by atoms with E-state index in [9.17, 15) is 4.79 Å². The van der Waals surface area contributed by atoms with Crippen LogP contribution in [-0.4, -0.2) is 49.1 Å². The molecule has 1 aliphatic rings. The third-order valence-electron chi connectivity index (χ3n) is 5.09. The first-order valence-electron chi connectivity index (χ1n) is 8.90. The third-order valence-corrected chi connectivity index (χ3v) is 7.38. The van der Waals surface area contributed by atoms with Gasteiger partial charge in [-0.1, -0.05) is 0 Å². The van der Waals surface area contributed by atoms with Crippen LogP contribution in [0.4, 0.5) is 5.13 Å². The Balaban J connectivity index is 1.49. The number of nitrogens with zero attached hydrogens (tertiary/aromatic N) is 3. The van der Waals surface area contributed by atoms with Crippen molar-refractivity contribution in [2.24, 2.45) is 0 Å². The second-order valence-corrected chi connectivity index (χ2v) is 10.4. The Morgan fingerprint density at radius 2 is 2.35 bits per heavy atom. The number of H-pyrrole nitrogens is 1. The number of pyridine rings is 1. The Kier molecular flexibility index (Phi) is 4.64. The van der Waals surface area contributed by atoms with E-state index in [-0.39, 0.29) is 10.9 Å². The largest absolute Gasteiger partial charge is 0.360 e. The number of amides is 1. The van der Waals surface area contributed by atoms with Crippen molar-refractivity contribution in [2.45, 2.75) is 31.3 Å². The smallest absolute Gasteiger partial charge is 0.223 e. The van der Waals surface area contributed by atoms with E-state index in [1.165, 1.54) is 30.2 Å². The molecule has 1 fully saturated rings. The van der Waals surface area contributed by atoms with Gasteiger partial charge in [0.1, 0.15) is 0 Å². The van der Waals surface area contributed by atoms with Gasteiger partial charge in [0.15, 0.2) is 5.13 Å². The van der Waals surface area contributed by atoms with Crippen LogP contribution in [0.25, 0.3) is 11.0 Å². The molecule has 0 bridgehead atoms. The molecule has 0 radical (unpaired) electrons. The van der Waals surface area contributed by atoms with Crippen LogP contribution in [0.5, 0.6) is 0 Å². The highest BCUT2D eigenvalue weighted by Crippen LogP contribution is 2.33. The molecular weight excluding hydrogens is 362 g/mol. The minimum absolute atomic E-state index is 0.0744. The highest BCUT2D eigenvalue weighted by Gasteiger charge is 2.33. The first kappa shape index (κ1) is 17.4. The van der Waals surface area contributed by atoms with Crippen molar-refractivity contribution in [3.63, 3.8) is 0 Å². The van der Waals surface area contributed by atoms with Crippen LogP contribution in [0.3, 0.4) is 0 Å². The van der Waals surface area contributed by atoms with E-state index in [1.807, 2.05) is 18.5 Å². The maximum absolute atomic E-state index is 11.2. The average molecular weight is 386 g/mol. The first-order chi connectivity index (χ1) is 12.5. The molecule has 1 atom stereocenters. The Hall–Kier alpha value is -2.03. The number of thiazole rings is 1. The second-order valence-electron chi connectivity index (χ2n) is 7.32. The van der Waals surface area contributed by atoms with Crippen LogP contribution in [0.2, 0.25) is 0 Å². The number of aromatic nitrogens is 3. The van der Waals surface area contributed by atoms with Gasteiger partial charge in [-0.15, -0.1) is 11.3 Å². The molecule has 8 heteroatoms. The fraction of sp³-hybridized carbons (Fsp3) is 0.389. The molecule has 3 aromatic heterocycles. The molecule has 136 valence electrons. The number of anilines is 1. The van der Waals surface area contributed by atoms with Crippen molar-refractivity contribution in [1.82, 2.24) is 19.9 Å². The van der Waals surface area contributed by atoms with Crippen LogP contribution >= 0.6 is 11.3 Å². The zero-order chi connectivity index (χ0) is 18.1. The monoisotopic (exact) mass is 385 g/mol. The SMILES string of the molecule is CC(=O)Nc1ncc(CN2CCC[C@]([SiH3])(c3cnc4cc[nH]c4c3)C2)s1. The van der Waals surface area contributed by atoms with E-state index in [2.05, 4.69) is 37.4 Å². The van der Waals surface area contributed by atoms with Crippen LogP contribution in [-0.2, 0) is 16.4 Å². The van der Waals surface area contributed by atoms with Gasteiger partial charge in [-0.25, -0.2) is 4.98 Å². The van der Waals surface area contributed by atoms with Gasteiger partial charge in [0.25, 0.3) is 0 Å². The average Bonchev–Trinajstić information content (AvgIpc) is 3.23. The molecule has 26 heavy (non-hydrogen) atoms. The maximum Gasteiger partial charge on any atom is 0.223 e. The number of hydrogen-bond acceptors (Lipinski definition) is 5. The normalized spacial score (nSPS) is 21.3. The number of fused-ring (bicyclic) bond motifs is 1. The summed E-state index contributed by atoms with van der Waals surface area (Å²) < 4.78 is 0. The fourth-order valence-corrected chi connectivity index (χ4v) is 5.76. The van der Waals surface area contributed by atoms with Crippen molar-refractivity contribution in [1.29, 1.82) is 0 Å². The quantitative estimate of drug-likeness (QED) is 0.672. The Morgan fingerprint density at radius 3 is 3.19 bits per heavy atom. The Bertz CT molecular complexity index is 938. The number of nitrogens with one attached hydrogen (secondary N) is 2. The van der Waals surface area contributed by atoms with Crippen molar-refractivity contribution >= 4 is 43.7 Å². The molecule has 2 N–H and O–H groups in total. The lowest BCUT2D eigenvalue weighted by Gasteiger charge is -2.40. The van der Waals surface area contributed by atoms with Gasteiger partial charge < -0.3 is 10.3 Å². The molecule has 0 aromatic carbocycles. The number of carbonyl (C=O) groups excluding carboxylic acids is 1. The standard InChI is InChI=1S/C18H23N5OSSi/c1-12(24)22-17-21-9-14(25-17)10-23-6-2-4-18(26,11-23)13-7-16-15(20-8-13)3-5-19-16/h3,5,7-9,19H,2,4,6,10-11H2,1,26H3,(H,21,22,24)/t18-/m1/s1. The summed E-state index contributed by atoms with van der Waals surface area (Å²) in [6, 6.07) is 4.29. The summed E-state index contributed by atoms with van der Waals surface area (Å²) >= 11 is 1.56. The molecule has 4 rings (SSSR count). The summed E-state index contributed by atoms with van der Waals surface area (Å²) in [4.78, 5) is 27.1. The van der Waals surface area contributed by atoms with E-state index in [0.717, 1.165) is 40.9 Å². The van der Waals surface area contributed by atoms with Crippen LogP contribution in [0.15, 0.2) is 30.7 Å². The van der Waals surface area contributed by atoms with Gasteiger partial charge in [0.05, 0.1) is 11.0 Å². The van der Waals surface area contributed by atoms with Crippen LogP contribution < -0.4 is 5.32 Å². The van der Waals surface area contributed by atoms with Crippen LogP contribution in [0, 0.1) is 0 Å². The topological polar surface area (TPSA) is 73.9 Å². The van der Waals surface area contributed by atoms with E-state index < -0.39 is 0 Å². The molecule has 0 aliphatic carbocycles. The molecule has 0 saturated carbocycles. The van der Waals surface area contributed by atoms with Crippen LogP contribution in [0.1, 0.15) is 30.2 Å². The van der Waals surface area contributed by atoms with E-state index in [4.69, 9.17) is 0 Å². The number of aromatic amines is 1. The lowest BCUT2D eigenvalue weighted by molar-refractivity contribution is -0.114. The molecule has 1 amide bonds. The minimum Gasteiger partial charge on any atom is -0.360 e. The van der Waals surface area contributed by atoms with E-state index >= 15 is 0 Å². The van der Waals surface area contributed by atoms with Gasteiger partial charge >= 0.3 is 0 Å². The molecule has 6 nitrogen and oxygen atoms in total. The fourth-order valence-electron chi connectivity index (χ4n) is 3.79. The number of hydrogen-bond donors (Lipinski definition) is 2. The molecule has 1 aliphatic heterocycles. The number of piperidine rings is 1. The predicted octanol–water partition coefficient (Wildman–Crippen LogP) is 1.83. The summed E-state index contributed by atoms with van der Waals surface area (Å²) in [5.41, 5.74) is 3.51. The van der Waals surface area contributed by atoms with Gasteiger partial charge in [-0.2, -0.15) is 0 Å². The highest BCUT2D eigenvalue weighted by molar-refractivity contribution is 7.15. The van der Waals surface area contributed by atoms with E-state index in [1.54, 1.807) is 11.3 Å². The van der Waals surface area contributed by atoms with E-state index in [0.29, 0.717) is 5.13 Å². The summed E-state index contributed by atoms with van der Waals surface area (Å²) in [5, 5.41) is 3.68. The molecule has 3 aromatic rings. The molecule has 1 saturated heterocycles. The highest BCUT2D eigenvalue weighted by atomic mass is 32.1. The van der Waals surface area contributed by atoms with Crippen molar-refractivity contribution in [3.05, 3.63) is 41.2 Å². The predicted molar refractivity (Wildman–Crippen MR) is 109 cm³/mol. The summed E-state index contributed by atoms with van der Waals surface area (Å²) in [6.07, 6.45) is 8.32. The third kappa shape index (κ3) is 3.58. The zero-order valence-electron chi connectivity index (χ0n) is 15.1. The van der Waals surface area contributed by atoms with Gasteiger partial charge in [0.2, 0.25) is 5.91 Å². The number of rotatable bonds is 4. The molecule has 0 spiro atoms. The minimum atomic E-state index is -0.0744. The van der Waals surface area contributed by atoms with Gasteiger partial charge in [-0.3, -0.25) is 14.7 Å². The Morgan fingerprint density at radius 1 is 1.46 bits per heavy atom.